The van der Waals surface area contributed by atoms with E-state index in [0.29, 0.717) is 22.1 Å². The zero-order chi connectivity index (χ0) is 12.0. The molecule has 0 atom stereocenters. The fourth-order valence-electron chi connectivity index (χ4n) is 1.79. The molecule has 5 nitrogen and oxygen atoms in total. The Bertz CT molecular complexity index is 590. The number of nitrogens with two attached hydrogens (primary N) is 1. The lowest BCUT2D eigenvalue weighted by atomic mass is 10.3. The van der Waals surface area contributed by atoms with Gasteiger partial charge in [0.15, 0.2) is 0 Å². The number of nitrogen functional groups attached to an aromatic ring is 1. The molecule has 2 heterocycles. The van der Waals surface area contributed by atoms with Gasteiger partial charge in [0.25, 0.3) is 5.91 Å². The van der Waals surface area contributed by atoms with Gasteiger partial charge in [-0.2, -0.15) is 0 Å². The Hall–Kier alpha value is -1.69. The topological polar surface area (TPSA) is 72.1 Å². The smallest absolute Gasteiger partial charge is 0.266 e. The number of hydrogen-bond acceptors (Lipinski definition) is 5. The van der Waals surface area contributed by atoms with E-state index in [1.54, 1.807) is 17.3 Å². The van der Waals surface area contributed by atoms with Crippen molar-refractivity contribution in [1.29, 1.82) is 0 Å². The number of thiophene rings is 1. The van der Waals surface area contributed by atoms with Crippen LogP contribution in [0.1, 0.15) is 22.5 Å². The SMILES string of the molecule is CN(C(=O)c1sc2nccnc2c1N)C1CC1. The van der Waals surface area contributed by atoms with Gasteiger partial charge in [0.1, 0.15) is 15.2 Å². The second-order valence-electron chi connectivity index (χ2n) is 4.20. The molecule has 0 saturated heterocycles. The number of fused-ring (bicyclic) bond motifs is 1. The van der Waals surface area contributed by atoms with Gasteiger partial charge >= 0.3 is 0 Å². The molecular formula is C11H12N4OS. The van der Waals surface area contributed by atoms with Crippen molar-refractivity contribution in [2.75, 3.05) is 12.8 Å². The third-order valence-corrected chi connectivity index (χ3v) is 4.06. The zero-order valence-corrected chi connectivity index (χ0v) is 10.2. The molecule has 3 rings (SSSR count). The highest BCUT2D eigenvalue weighted by molar-refractivity contribution is 7.21. The van der Waals surface area contributed by atoms with Crippen LogP contribution in [0.5, 0.6) is 0 Å². The molecule has 0 radical (unpaired) electrons. The Morgan fingerprint density at radius 2 is 2.18 bits per heavy atom. The van der Waals surface area contributed by atoms with Crippen LogP contribution >= 0.6 is 11.3 Å². The van der Waals surface area contributed by atoms with Crippen LogP contribution in [-0.4, -0.2) is 33.9 Å². The Balaban J connectivity index is 2.04. The van der Waals surface area contributed by atoms with Crippen molar-refractivity contribution in [1.82, 2.24) is 14.9 Å². The first-order valence-electron chi connectivity index (χ1n) is 5.44. The first-order chi connectivity index (χ1) is 8.18. The minimum atomic E-state index is -0.0187. The van der Waals surface area contributed by atoms with Crippen molar-refractivity contribution in [2.24, 2.45) is 0 Å². The monoisotopic (exact) mass is 248 g/mol. The number of hydrogen-bond donors (Lipinski definition) is 1. The number of nitrogens with zero attached hydrogens (tertiary/aromatic N) is 3. The minimum absolute atomic E-state index is 0.0187. The quantitative estimate of drug-likeness (QED) is 0.874. The number of anilines is 1. The Kier molecular flexibility index (Phi) is 2.25. The molecule has 88 valence electrons. The van der Waals surface area contributed by atoms with Crippen LogP contribution in [-0.2, 0) is 0 Å². The molecule has 1 aliphatic carbocycles. The maximum Gasteiger partial charge on any atom is 0.266 e. The van der Waals surface area contributed by atoms with Gasteiger partial charge in [-0.15, -0.1) is 11.3 Å². The van der Waals surface area contributed by atoms with E-state index < -0.39 is 0 Å². The van der Waals surface area contributed by atoms with Gasteiger partial charge in [0.05, 0.1) is 5.69 Å². The van der Waals surface area contributed by atoms with Crippen molar-refractivity contribution in [3.63, 3.8) is 0 Å². The second kappa shape index (κ2) is 3.66. The summed E-state index contributed by atoms with van der Waals surface area (Å²) in [6.07, 6.45) is 5.37. The van der Waals surface area contributed by atoms with E-state index in [9.17, 15) is 4.79 Å². The van der Waals surface area contributed by atoms with Crippen molar-refractivity contribution in [3.8, 4) is 0 Å². The molecule has 0 aromatic carbocycles. The summed E-state index contributed by atoms with van der Waals surface area (Å²) in [5, 5.41) is 0. The highest BCUT2D eigenvalue weighted by Crippen LogP contribution is 2.34. The van der Waals surface area contributed by atoms with E-state index in [1.165, 1.54) is 11.3 Å². The first kappa shape index (κ1) is 10.5. The lowest BCUT2D eigenvalue weighted by Crippen LogP contribution is -2.28. The van der Waals surface area contributed by atoms with E-state index in [2.05, 4.69) is 9.97 Å². The van der Waals surface area contributed by atoms with Crippen LogP contribution in [0.4, 0.5) is 5.69 Å². The highest BCUT2D eigenvalue weighted by atomic mass is 32.1. The van der Waals surface area contributed by atoms with E-state index in [1.807, 2.05) is 7.05 Å². The van der Waals surface area contributed by atoms with Crippen molar-refractivity contribution < 1.29 is 4.79 Å². The third kappa shape index (κ3) is 1.64. The Labute approximate surface area is 102 Å². The molecule has 2 aromatic heterocycles. The van der Waals surface area contributed by atoms with Crippen molar-refractivity contribution in [2.45, 2.75) is 18.9 Å². The van der Waals surface area contributed by atoms with E-state index in [-0.39, 0.29) is 5.91 Å². The molecule has 1 amide bonds. The van der Waals surface area contributed by atoms with Crippen LogP contribution in [0.25, 0.3) is 10.3 Å². The number of rotatable bonds is 2. The summed E-state index contributed by atoms with van der Waals surface area (Å²) in [5.41, 5.74) is 7.04. The van der Waals surface area contributed by atoms with Gasteiger partial charge in [-0.25, -0.2) is 9.97 Å². The fourth-order valence-corrected chi connectivity index (χ4v) is 2.79. The van der Waals surface area contributed by atoms with Crippen LogP contribution in [0.15, 0.2) is 12.4 Å². The molecule has 0 unspecified atom stereocenters. The first-order valence-corrected chi connectivity index (χ1v) is 6.26. The fraction of sp³-hybridized carbons (Fsp3) is 0.364. The summed E-state index contributed by atoms with van der Waals surface area (Å²) < 4.78 is 0. The van der Waals surface area contributed by atoms with Crippen LogP contribution < -0.4 is 5.73 Å². The summed E-state index contributed by atoms with van der Waals surface area (Å²) >= 11 is 1.32. The van der Waals surface area contributed by atoms with Gasteiger partial charge in [-0.3, -0.25) is 4.79 Å². The summed E-state index contributed by atoms with van der Waals surface area (Å²) in [4.78, 5) is 23.6. The number of amides is 1. The lowest BCUT2D eigenvalue weighted by Gasteiger charge is -2.15. The molecular weight excluding hydrogens is 236 g/mol. The number of aromatic nitrogens is 2. The maximum atomic E-state index is 12.2. The van der Waals surface area contributed by atoms with E-state index >= 15 is 0 Å². The second-order valence-corrected chi connectivity index (χ2v) is 5.20. The molecule has 1 fully saturated rings. The van der Waals surface area contributed by atoms with Gasteiger partial charge in [0, 0.05) is 25.5 Å². The van der Waals surface area contributed by atoms with Gasteiger partial charge in [-0.05, 0) is 12.8 Å². The lowest BCUT2D eigenvalue weighted by molar-refractivity contribution is 0.0791. The van der Waals surface area contributed by atoms with Crippen LogP contribution in [0.2, 0.25) is 0 Å². The molecule has 17 heavy (non-hydrogen) atoms. The number of carbonyl (C=O) groups excluding carboxylic acids is 1. The summed E-state index contributed by atoms with van der Waals surface area (Å²) in [6.45, 7) is 0. The van der Waals surface area contributed by atoms with Crippen LogP contribution in [0, 0.1) is 0 Å². The van der Waals surface area contributed by atoms with Gasteiger partial charge in [-0.1, -0.05) is 0 Å². The van der Waals surface area contributed by atoms with Crippen molar-refractivity contribution >= 4 is 33.3 Å². The Morgan fingerprint density at radius 1 is 1.47 bits per heavy atom. The maximum absolute atomic E-state index is 12.2. The molecule has 0 aliphatic heterocycles. The average molecular weight is 248 g/mol. The average Bonchev–Trinajstić information content (AvgIpc) is 3.14. The van der Waals surface area contributed by atoms with E-state index in [0.717, 1.165) is 17.7 Å². The largest absolute Gasteiger partial charge is 0.396 e. The molecule has 2 N–H and O–H groups in total. The predicted octanol–water partition coefficient (Wildman–Crippen LogP) is 1.51. The van der Waals surface area contributed by atoms with E-state index in [4.69, 9.17) is 5.73 Å². The predicted molar refractivity (Wildman–Crippen MR) is 66.9 cm³/mol. The summed E-state index contributed by atoms with van der Waals surface area (Å²) in [5.74, 6) is -0.0187. The van der Waals surface area contributed by atoms with Gasteiger partial charge < -0.3 is 10.6 Å². The van der Waals surface area contributed by atoms with Crippen LogP contribution in [0.3, 0.4) is 0 Å². The Morgan fingerprint density at radius 3 is 2.82 bits per heavy atom. The number of carbonyl (C=O) groups is 1. The molecule has 1 aliphatic rings. The normalized spacial score (nSPS) is 15.1. The molecule has 2 aromatic rings. The summed E-state index contributed by atoms with van der Waals surface area (Å²) in [6, 6.07) is 0.382. The minimum Gasteiger partial charge on any atom is -0.396 e. The standard InChI is InChI=1S/C11H12N4OS/c1-15(6-2-3-6)11(16)9-7(12)8-10(17-9)14-5-4-13-8/h4-6H,2-3,12H2,1H3. The molecule has 0 bridgehead atoms. The molecule has 1 saturated carbocycles. The third-order valence-electron chi connectivity index (χ3n) is 2.97. The van der Waals surface area contributed by atoms with Gasteiger partial charge in [0.2, 0.25) is 0 Å². The highest BCUT2D eigenvalue weighted by Gasteiger charge is 2.32. The zero-order valence-electron chi connectivity index (χ0n) is 9.38. The summed E-state index contributed by atoms with van der Waals surface area (Å²) in [7, 11) is 1.82. The van der Waals surface area contributed by atoms with Crippen molar-refractivity contribution in [3.05, 3.63) is 17.3 Å². The molecule has 6 heteroatoms. The molecule has 0 spiro atoms.